The molecule has 1 aliphatic heterocycles. The van der Waals surface area contributed by atoms with Crippen LogP contribution >= 0.6 is 0 Å². The van der Waals surface area contributed by atoms with E-state index in [-0.39, 0.29) is 18.1 Å². The van der Waals surface area contributed by atoms with E-state index in [4.69, 9.17) is 4.74 Å². The van der Waals surface area contributed by atoms with Crippen LogP contribution in [0.3, 0.4) is 0 Å². The zero-order valence-corrected chi connectivity index (χ0v) is 17.7. The summed E-state index contributed by atoms with van der Waals surface area (Å²) in [5.41, 5.74) is -3.27. The lowest BCUT2D eigenvalue weighted by molar-refractivity contribution is -0.200. The first-order chi connectivity index (χ1) is 15.4. The molecule has 3 rings (SSSR count). The van der Waals surface area contributed by atoms with Gasteiger partial charge in [0, 0.05) is 12.1 Å². The monoisotopic (exact) mass is 467 g/mol. The first-order valence-corrected chi connectivity index (χ1v) is 9.97. The Balaban J connectivity index is 1.79. The molecule has 0 bridgehead atoms. The standard InChI is InChI=1S/C22H21F4N3O4/c1-13(2)33-17-9-5-15(6-10-17)18(30)27-21(22(24,25)26)19(31)29(20(32)28-21)12-11-14-3-7-16(23)8-4-14/h3-10,13H,11-12H2,1-2H3,(H,27,30)(H,28,32). The average molecular weight is 467 g/mol. The number of carbonyl (C=O) groups excluding carboxylic acids is 3. The Morgan fingerprint density at radius 1 is 1.09 bits per heavy atom. The van der Waals surface area contributed by atoms with Gasteiger partial charge in [-0.2, -0.15) is 13.2 Å². The Labute approximate surface area is 186 Å². The number of alkyl halides is 3. The molecule has 2 N–H and O–H groups in total. The summed E-state index contributed by atoms with van der Waals surface area (Å²) in [5.74, 6) is -2.96. The fourth-order valence-corrected chi connectivity index (χ4v) is 3.22. The van der Waals surface area contributed by atoms with Gasteiger partial charge in [-0.3, -0.25) is 19.8 Å². The number of hydrogen-bond donors (Lipinski definition) is 2. The Morgan fingerprint density at radius 2 is 1.70 bits per heavy atom. The van der Waals surface area contributed by atoms with Gasteiger partial charge in [-0.05, 0) is 62.2 Å². The molecule has 0 saturated carbocycles. The van der Waals surface area contributed by atoms with Crippen LogP contribution in [0.5, 0.6) is 5.75 Å². The zero-order chi connectivity index (χ0) is 24.4. The van der Waals surface area contributed by atoms with E-state index in [1.54, 1.807) is 24.5 Å². The highest BCUT2D eigenvalue weighted by Crippen LogP contribution is 2.34. The van der Waals surface area contributed by atoms with E-state index in [2.05, 4.69) is 0 Å². The van der Waals surface area contributed by atoms with E-state index >= 15 is 0 Å². The third kappa shape index (κ3) is 5.07. The molecule has 0 aliphatic carbocycles. The second-order valence-electron chi connectivity index (χ2n) is 7.66. The summed E-state index contributed by atoms with van der Waals surface area (Å²) in [6.07, 6.45) is -5.47. The summed E-state index contributed by atoms with van der Waals surface area (Å²) in [5, 5.41) is 3.23. The number of carbonyl (C=O) groups is 3. The minimum atomic E-state index is -5.32. The third-order valence-corrected chi connectivity index (χ3v) is 4.86. The molecule has 1 aliphatic rings. The smallest absolute Gasteiger partial charge is 0.440 e. The third-order valence-electron chi connectivity index (χ3n) is 4.86. The van der Waals surface area contributed by atoms with E-state index < -0.39 is 42.0 Å². The SMILES string of the molecule is CC(C)Oc1ccc(C(=O)NC2(C(F)(F)F)NC(=O)N(CCc3ccc(F)cc3)C2=O)cc1. The first kappa shape index (κ1) is 24.0. The Morgan fingerprint density at radius 3 is 2.24 bits per heavy atom. The van der Waals surface area contributed by atoms with Crippen molar-refractivity contribution >= 4 is 17.8 Å². The van der Waals surface area contributed by atoms with Crippen LogP contribution < -0.4 is 15.4 Å². The van der Waals surface area contributed by atoms with Crippen LogP contribution in [0.2, 0.25) is 0 Å². The molecule has 1 fully saturated rings. The summed E-state index contributed by atoms with van der Waals surface area (Å²) in [6, 6.07) is 9.06. The molecule has 1 unspecified atom stereocenters. The van der Waals surface area contributed by atoms with E-state index in [9.17, 15) is 31.9 Å². The molecule has 11 heteroatoms. The fraction of sp³-hybridized carbons (Fsp3) is 0.318. The number of halogens is 4. The van der Waals surface area contributed by atoms with Gasteiger partial charge < -0.3 is 10.1 Å². The molecule has 0 radical (unpaired) electrons. The molecule has 0 aromatic heterocycles. The van der Waals surface area contributed by atoms with Gasteiger partial charge in [-0.25, -0.2) is 9.18 Å². The number of amides is 4. The van der Waals surface area contributed by atoms with Crippen molar-refractivity contribution in [1.82, 2.24) is 15.5 Å². The number of urea groups is 1. The molecule has 7 nitrogen and oxygen atoms in total. The van der Waals surface area contributed by atoms with Crippen molar-refractivity contribution in [2.24, 2.45) is 0 Å². The number of nitrogens with one attached hydrogen (secondary N) is 2. The normalized spacial score (nSPS) is 18.5. The number of nitrogens with zero attached hydrogens (tertiary/aromatic N) is 1. The molecule has 1 saturated heterocycles. The Bertz CT molecular complexity index is 1040. The van der Waals surface area contributed by atoms with Crippen molar-refractivity contribution in [2.75, 3.05) is 6.54 Å². The Hall–Kier alpha value is -3.63. The van der Waals surface area contributed by atoms with Crippen molar-refractivity contribution in [2.45, 2.75) is 38.2 Å². The van der Waals surface area contributed by atoms with E-state index in [0.29, 0.717) is 16.2 Å². The first-order valence-electron chi connectivity index (χ1n) is 9.97. The predicted octanol–water partition coefficient (Wildman–Crippen LogP) is 3.40. The lowest BCUT2D eigenvalue weighted by Gasteiger charge is -2.30. The molecule has 2 aromatic carbocycles. The highest BCUT2D eigenvalue weighted by Gasteiger charge is 2.68. The molecule has 176 valence electrons. The van der Waals surface area contributed by atoms with Crippen LogP contribution in [0.15, 0.2) is 48.5 Å². The van der Waals surface area contributed by atoms with Crippen molar-refractivity contribution in [3.05, 3.63) is 65.5 Å². The number of ether oxygens (including phenoxy) is 1. The van der Waals surface area contributed by atoms with Crippen molar-refractivity contribution < 1.29 is 36.7 Å². The van der Waals surface area contributed by atoms with Crippen LogP contribution in [-0.2, 0) is 11.2 Å². The fourth-order valence-electron chi connectivity index (χ4n) is 3.22. The van der Waals surface area contributed by atoms with Gasteiger partial charge in [0.2, 0.25) is 0 Å². The van der Waals surface area contributed by atoms with Crippen molar-refractivity contribution in [1.29, 1.82) is 0 Å². The van der Waals surface area contributed by atoms with Gasteiger partial charge in [0.05, 0.1) is 6.10 Å². The lowest BCUT2D eigenvalue weighted by atomic mass is 10.1. The van der Waals surface area contributed by atoms with Crippen LogP contribution in [0.1, 0.15) is 29.8 Å². The van der Waals surface area contributed by atoms with Gasteiger partial charge in [0.1, 0.15) is 11.6 Å². The van der Waals surface area contributed by atoms with Crippen LogP contribution in [0, 0.1) is 5.82 Å². The molecule has 2 aromatic rings. The van der Waals surface area contributed by atoms with Crippen LogP contribution in [0.4, 0.5) is 22.4 Å². The zero-order valence-electron chi connectivity index (χ0n) is 17.7. The predicted molar refractivity (Wildman–Crippen MR) is 109 cm³/mol. The quantitative estimate of drug-likeness (QED) is 0.483. The number of hydrogen-bond acceptors (Lipinski definition) is 4. The molecule has 0 spiro atoms. The van der Waals surface area contributed by atoms with Gasteiger partial charge in [0.25, 0.3) is 17.5 Å². The molecule has 1 heterocycles. The molecular formula is C22H21F4N3O4. The van der Waals surface area contributed by atoms with Crippen LogP contribution in [0.25, 0.3) is 0 Å². The average Bonchev–Trinajstić information content (AvgIpc) is 2.98. The van der Waals surface area contributed by atoms with Crippen molar-refractivity contribution in [3.8, 4) is 5.75 Å². The number of rotatable bonds is 7. The number of imide groups is 1. The highest BCUT2D eigenvalue weighted by molar-refractivity contribution is 6.10. The Kier molecular flexibility index (Phi) is 6.61. The maximum Gasteiger partial charge on any atom is 0.440 e. The second kappa shape index (κ2) is 9.08. The van der Waals surface area contributed by atoms with Gasteiger partial charge >= 0.3 is 12.2 Å². The van der Waals surface area contributed by atoms with Gasteiger partial charge in [-0.1, -0.05) is 12.1 Å². The molecular weight excluding hydrogens is 446 g/mol. The molecule has 33 heavy (non-hydrogen) atoms. The van der Waals surface area contributed by atoms with E-state index in [0.717, 1.165) is 12.1 Å². The minimum absolute atomic E-state index is 0.00135. The van der Waals surface area contributed by atoms with E-state index in [1.165, 1.54) is 36.4 Å². The van der Waals surface area contributed by atoms with E-state index in [1.807, 2.05) is 0 Å². The second-order valence-corrected chi connectivity index (χ2v) is 7.66. The maximum absolute atomic E-state index is 14.0. The molecule has 4 amide bonds. The maximum atomic E-state index is 14.0. The summed E-state index contributed by atoms with van der Waals surface area (Å²) in [4.78, 5) is 37.9. The summed E-state index contributed by atoms with van der Waals surface area (Å²) < 4.78 is 60.3. The van der Waals surface area contributed by atoms with Crippen molar-refractivity contribution in [3.63, 3.8) is 0 Å². The topological polar surface area (TPSA) is 87.7 Å². The van der Waals surface area contributed by atoms with Gasteiger partial charge in [0.15, 0.2) is 0 Å². The minimum Gasteiger partial charge on any atom is -0.491 e. The van der Waals surface area contributed by atoms with Crippen LogP contribution in [-0.4, -0.2) is 47.2 Å². The molecule has 1 atom stereocenters. The summed E-state index contributed by atoms with van der Waals surface area (Å²) in [6.45, 7) is 3.17. The highest BCUT2D eigenvalue weighted by atomic mass is 19.4. The summed E-state index contributed by atoms with van der Waals surface area (Å²) >= 11 is 0. The summed E-state index contributed by atoms with van der Waals surface area (Å²) in [7, 11) is 0. The van der Waals surface area contributed by atoms with Gasteiger partial charge in [-0.15, -0.1) is 0 Å². The number of benzene rings is 2. The lowest BCUT2D eigenvalue weighted by Crippen LogP contribution is -2.69. The largest absolute Gasteiger partial charge is 0.491 e.